The molecular formula is C93H146O17P2. The van der Waals surface area contributed by atoms with E-state index in [0.717, 1.165) is 205 Å². The zero-order valence-electron chi connectivity index (χ0n) is 69.0. The zero-order chi connectivity index (χ0) is 81.7. The molecule has 0 fully saturated rings. The van der Waals surface area contributed by atoms with Crippen LogP contribution in [-0.2, 0) is 65.4 Å². The van der Waals surface area contributed by atoms with Gasteiger partial charge in [0.25, 0.3) is 0 Å². The minimum absolute atomic E-state index is 0.0484. The standard InChI is InChI=1S/C93H146O17P2/c1-5-9-13-17-21-25-29-33-37-41-43-47-49-53-57-61-65-69-73-77-90(95)103-83-88(109-92(97)79-75-71-67-63-59-55-51-45-39-35-31-27-23-19-15-11-7-3)85-107-111(99,100)105-81-87(94)82-106-112(101,102)108-86-89(110-93(98)80-76-72-68-64-60-56-52-46-40-36-32-28-24-20-16-12-8-4)84-104-91(96)78-74-70-66-62-58-54-50-48-44-42-38-34-30-26-22-18-14-10-6-2/h9-16,21-28,33-40,43-44,47-48,51-58,87-89,94H,5-8,17-20,29-32,41-42,45-46,49-50,59-86H2,1-4H3,(H,99,100)(H,101,102)/b13-9-,14-10-,15-11-,16-12-,25-21-,26-22-,27-23-,28-24-,37-33-,38-34-,39-35-,40-36-,47-43-,48-44-,55-51-,56-52-,57-53-,58-54-. The highest BCUT2D eigenvalue weighted by atomic mass is 31.2. The molecule has 0 aromatic carbocycles. The van der Waals surface area contributed by atoms with E-state index < -0.39 is 97.5 Å². The number of phosphoric acid groups is 2. The van der Waals surface area contributed by atoms with Gasteiger partial charge in [0.05, 0.1) is 26.4 Å². The fraction of sp³-hybridized carbons (Fsp3) is 0.570. The number of hydrogen-bond acceptors (Lipinski definition) is 15. The van der Waals surface area contributed by atoms with Gasteiger partial charge in [-0.3, -0.25) is 37.3 Å². The third kappa shape index (κ3) is 81.4. The first-order chi connectivity index (χ1) is 54.7. The van der Waals surface area contributed by atoms with Crippen molar-refractivity contribution < 1.29 is 80.2 Å². The normalized spacial score (nSPS) is 14.9. The smallest absolute Gasteiger partial charge is 0.462 e. The largest absolute Gasteiger partial charge is 0.472 e. The number of esters is 4. The number of rotatable bonds is 76. The molecule has 0 aliphatic rings. The quantitative estimate of drug-likeness (QED) is 0.0169. The van der Waals surface area contributed by atoms with Crippen LogP contribution < -0.4 is 0 Å². The molecule has 4 unspecified atom stereocenters. The van der Waals surface area contributed by atoms with Crippen LogP contribution in [0.2, 0.25) is 0 Å². The lowest BCUT2D eigenvalue weighted by Crippen LogP contribution is -2.30. The third-order valence-corrected chi connectivity index (χ3v) is 18.3. The Labute approximate surface area is 677 Å². The van der Waals surface area contributed by atoms with Crippen molar-refractivity contribution in [2.75, 3.05) is 39.6 Å². The van der Waals surface area contributed by atoms with Crippen LogP contribution >= 0.6 is 15.6 Å². The second kappa shape index (κ2) is 82.4. The van der Waals surface area contributed by atoms with Crippen molar-refractivity contribution in [3.05, 3.63) is 219 Å². The molecule has 19 heteroatoms. The number of aliphatic hydroxyl groups is 1. The van der Waals surface area contributed by atoms with Gasteiger partial charge in [0.15, 0.2) is 12.2 Å². The molecule has 4 atom stereocenters. The van der Waals surface area contributed by atoms with Gasteiger partial charge in [-0.1, -0.05) is 285 Å². The lowest BCUT2D eigenvalue weighted by molar-refractivity contribution is -0.161. The van der Waals surface area contributed by atoms with Crippen molar-refractivity contribution in [2.45, 2.75) is 303 Å². The summed E-state index contributed by atoms with van der Waals surface area (Å²) in [4.78, 5) is 73.3. The van der Waals surface area contributed by atoms with Crippen LogP contribution in [0.1, 0.15) is 285 Å². The molecule has 0 rings (SSSR count). The predicted octanol–water partition coefficient (Wildman–Crippen LogP) is 25.2. The number of unbranched alkanes of at least 4 members (excludes halogenated alkanes) is 14. The molecule has 0 spiro atoms. The first-order valence-corrected chi connectivity index (χ1v) is 45.0. The molecule has 0 aromatic heterocycles. The highest BCUT2D eigenvalue weighted by Crippen LogP contribution is 2.45. The molecular weight excluding hydrogens is 1450 g/mol. The van der Waals surface area contributed by atoms with Crippen LogP contribution in [0.15, 0.2) is 219 Å². The molecule has 17 nitrogen and oxygen atoms in total. The first kappa shape index (κ1) is 105. The number of hydrogen-bond donors (Lipinski definition) is 3. The molecule has 0 bridgehead atoms. The van der Waals surface area contributed by atoms with Gasteiger partial charge >= 0.3 is 39.5 Å². The van der Waals surface area contributed by atoms with Crippen LogP contribution in [-0.4, -0.2) is 96.7 Å². The van der Waals surface area contributed by atoms with Gasteiger partial charge in [0.1, 0.15) is 19.3 Å². The van der Waals surface area contributed by atoms with Crippen molar-refractivity contribution in [1.82, 2.24) is 0 Å². The zero-order valence-corrected chi connectivity index (χ0v) is 70.8. The lowest BCUT2D eigenvalue weighted by atomic mass is 10.1. The van der Waals surface area contributed by atoms with Crippen molar-refractivity contribution in [3.63, 3.8) is 0 Å². The maximum Gasteiger partial charge on any atom is 0.472 e. The molecule has 112 heavy (non-hydrogen) atoms. The van der Waals surface area contributed by atoms with Crippen LogP contribution in [0.25, 0.3) is 0 Å². The number of phosphoric ester groups is 2. The number of carbonyl (C=O) groups excluding carboxylic acids is 4. The summed E-state index contributed by atoms with van der Waals surface area (Å²) in [5.41, 5.74) is 0. The van der Waals surface area contributed by atoms with Crippen molar-refractivity contribution in [3.8, 4) is 0 Å². The number of ether oxygens (including phenoxy) is 4. The van der Waals surface area contributed by atoms with Gasteiger partial charge in [0.2, 0.25) is 0 Å². The van der Waals surface area contributed by atoms with E-state index in [0.29, 0.717) is 25.7 Å². The monoisotopic (exact) mass is 1600 g/mol. The highest BCUT2D eigenvalue weighted by Gasteiger charge is 2.30. The van der Waals surface area contributed by atoms with Gasteiger partial charge in [-0.25, -0.2) is 9.13 Å². The van der Waals surface area contributed by atoms with Gasteiger partial charge in [0, 0.05) is 25.7 Å². The highest BCUT2D eigenvalue weighted by molar-refractivity contribution is 7.47. The fourth-order valence-corrected chi connectivity index (χ4v) is 11.8. The van der Waals surface area contributed by atoms with Crippen molar-refractivity contribution in [2.24, 2.45) is 0 Å². The molecule has 0 heterocycles. The summed E-state index contributed by atoms with van der Waals surface area (Å²) in [5, 5.41) is 10.7. The Bertz CT molecular complexity index is 2790. The molecule has 0 radical (unpaired) electrons. The summed E-state index contributed by atoms with van der Waals surface area (Å²) < 4.78 is 68.7. The summed E-state index contributed by atoms with van der Waals surface area (Å²) in [6, 6.07) is 0. The van der Waals surface area contributed by atoms with E-state index in [-0.39, 0.29) is 25.7 Å². The van der Waals surface area contributed by atoms with Gasteiger partial charge in [-0.15, -0.1) is 0 Å². The summed E-state index contributed by atoms with van der Waals surface area (Å²) in [5.74, 6) is -2.33. The van der Waals surface area contributed by atoms with Gasteiger partial charge in [-0.05, 0) is 193 Å². The summed E-state index contributed by atoms with van der Waals surface area (Å²) in [6.07, 6.45) is 105. The Kier molecular flexibility index (Phi) is 77.5. The van der Waals surface area contributed by atoms with E-state index in [1.54, 1.807) is 0 Å². The minimum atomic E-state index is -5.01. The molecule has 0 aliphatic heterocycles. The van der Waals surface area contributed by atoms with Crippen LogP contribution in [0, 0.1) is 0 Å². The molecule has 0 amide bonds. The van der Waals surface area contributed by atoms with Crippen LogP contribution in [0.4, 0.5) is 0 Å². The Hall–Kier alpha value is -6.62. The summed E-state index contributed by atoms with van der Waals surface area (Å²) in [6.45, 7) is 4.27. The first-order valence-electron chi connectivity index (χ1n) is 42.0. The van der Waals surface area contributed by atoms with Crippen molar-refractivity contribution in [1.29, 1.82) is 0 Å². The molecule has 0 aromatic rings. The predicted molar refractivity (Wildman–Crippen MR) is 463 cm³/mol. The number of aliphatic hydroxyl groups excluding tert-OH is 1. The van der Waals surface area contributed by atoms with Crippen molar-refractivity contribution >= 4 is 39.5 Å². The second-order valence-corrected chi connectivity index (χ2v) is 29.8. The summed E-state index contributed by atoms with van der Waals surface area (Å²) in [7, 11) is -10.0. The third-order valence-electron chi connectivity index (χ3n) is 16.4. The Morgan fingerprint density at radius 3 is 0.670 bits per heavy atom. The Balaban J connectivity index is 5.53. The number of allylic oxidation sites excluding steroid dienone is 36. The lowest BCUT2D eigenvalue weighted by Gasteiger charge is -2.21. The maximum atomic E-state index is 13.1. The van der Waals surface area contributed by atoms with Crippen LogP contribution in [0.5, 0.6) is 0 Å². The van der Waals surface area contributed by atoms with E-state index >= 15 is 0 Å². The molecule has 630 valence electrons. The summed E-state index contributed by atoms with van der Waals surface area (Å²) >= 11 is 0. The van der Waals surface area contributed by atoms with E-state index in [2.05, 4.69) is 246 Å². The molecule has 0 saturated heterocycles. The minimum Gasteiger partial charge on any atom is -0.462 e. The van der Waals surface area contributed by atoms with E-state index in [9.17, 15) is 43.2 Å². The van der Waals surface area contributed by atoms with E-state index in [4.69, 9.17) is 37.0 Å². The molecule has 0 saturated carbocycles. The fourth-order valence-electron chi connectivity index (χ4n) is 10.2. The van der Waals surface area contributed by atoms with Gasteiger partial charge < -0.3 is 33.8 Å². The van der Waals surface area contributed by atoms with E-state index in [1.807, 2.05) is 0 Å². The number of carbonyl (C=O) groups is 4. The Morgan fingerprint density at radius 1 is 0.250 bits per heavy atom. The van der Waals surface area contributed by atoms with Crippen LogP contribution in [0.3, 0.4) is 0 Å². The second-order valence-electron chi connectivity index (χ2n) is 26.9. The molecule has 0 aliphatic carbocycles. The SMILES string of the molecule is CC/C=C\C/C=C\C/C=C\C/C=C\C/C=C\CCCCCC(=O)OCC(COP(=O)(O)OCC(O)COP(=O)(O)OCC(COC(=O)CCCCC/C=C\C/C=C\C/C=C\C/C=C\C/C=C\CC)OC(=O)CCCCCC/C=C\C/C=C\C/C=C\C/C=C\CC)OC(=O)CCCCCC/C=C\C/C=C\C/C=C\C/C=C\CC. The van der Waals surface area contributed by atoms with E-state index in [1.165, 1.54) is 0 Å². The molecule has 3 N–H and O–H groups in total. The topological polar surface area (TPSA) is 237 Å². The van der Waals surface area contributed by atoms with Gasteiger partial charge in [-0.2, -0.15) is 0 Å². The Morgan fingerprint density at radius 2 is 0.438 bits per heavy atom. The maximum absolute atomic E-state index is 13.1. The average molecular weight is 1600 g/mol. The average Bonchev–Trinajstić information content (AvgIpc) is 0.895.